The molecule has 1 aliphatic rings. The Labute approximate surface area is 70.8 Å². The van der Waals surface area contributed by atoms with Crippen LogP contribution in [0.1, 0.15) is 19.3 Å². The van der Waals surface area contributed by atoms with E-state index in [9.17, 15) is 4.79 Å². The Kier molecular flexibility index (Phi) is 4.41. The van der Waals surface area contributed by atoms with E-state index in [0.717, 1.165) is 19.3 Å². The SMILES string of the molecule is O=C(O)C1C=CCCC1.[Cu]. The van der Waals surface area contributed by atoms with E-state index in [1.165, 1.54) is 0 Å². The van der Waals surface area contributed by atoms with Gasteiger partial charge in [-0.15, -0.1) is 0 Å². The van der Waals surface area contributed by atoms with Crippen LogP contribution in [0.5, 0.6) is 0 Å². The van der Waals surface area contributed by atoms with Crippen molar-refractivity contribution in [2.75, 3.05) is 0 Å². The van der Waals surface area contributed by atoms with Gasteiger partial charge in [-0.05, 0) is 19.3 Å². The molecule has 0 aromatic carbocycles. The Hall–Kier alpha value is -0.271. The Morgan fingerprint density at radius 2 is 2.30 bits per heavy atom. The minimum atomic E-state index is -0.689. The normalized spacial score (nSPS) is 23.4. The predicted molar refractivity (Wildman–Crippen MR) is 34.1 cm³/mol. The Balaban J connectivity index is 0.000000810. The third-order valence-corrected chi connectivity index (χ3v) is 1.57. The van der Waals surface area contributed by atoms with Gasteiger partial charge in [0.15, 0.2) is 0 Å². The van der Waals surface area contributed by atoms with Crippen molar-refractivity contribution in [3.05, 3.63) is 12.2 Å². The molecule has 2 nitrogen and oxygen atoms in total. The number of allylic oxidation sites excluding steroid dienone is 1. The zero-order valence-electron chi connectivity index (χ0n) is 5.51. The van der Waals surface area contributed by atoms with Crippen molar-refractivity contribution in [3.63, 3.8) is 0 Å². The summed E-state index contributed by atoms with van der Waals surface area (Å²) in [7, 11) is 0. The molecule has 0 amide bonds. The summed E-state index contributed by atoms with van der Waals surface area (Å²) in [4.78, 5) is 10.3. The van der Waals surface area contributed by atoms with Crippen LogP contribution in [0, 0.1) is 5.92 Å². The van der Waals surface area contributed by atoms with Crippen LogP contribution in [0.25, 0.3) is 0 Å². The topological polar surface area (TPSA) is 37.3 Å². The fourth-order valence-corrected chi connectivity index (χ4v) is 1.02. The molecule has 0 bridgehead atoms. The predicted octanol–water partition coefficient (Wildman–Crippen LogP) is 1.42. The molecule has 0 aromatic rings. The number of rotatable bonds is 1. The molecule has 1 unspecified atom stereocenters. The molecule has 0 fully saturated rings. The molecule has 0 spiro atoms. The van der Waals surface area contributed by atoms with Crippen molar-refractivity contribution < 1.29 is 27.0 Å². The molecular weight excluding hydrogens is 180 g/mol. The van der Waals surface area contributed by atoms with Gasteiger partial charge in [0, 0.05) is 17.1 Å². The zero-order chi connectivity index (χ0) is 6.69. The van der Waals surface area contributed by atoms with Gasteiger partial charge in [0.2, 0.25) is 0 Å². The Morgan fingerprint density at radius 3 is 2.60 bits per heavy atom. The largest absolute Gasteiger partial charge is 0.481 e. The van der Waals surface area contributed by atoms with E-state index < -0.39 is 5.97 Å². The van der Waals surface area contributed by atoms with E-state index in [2.05, 4.69) is 0 Å². The van der Waals surface area contributed by atoms with Gasteiger partial charge >= 0.3 is 5.97 Å². The summed E-state index contributed by atoms with van der Waals surface area (Å²) in [5.41, 5.74) is 0. The van der Waals surface area contributed by atoms with E-state index in [1.807, 2.05) is 6.08 Å². The van der Waals surface area contributed by atoms with E-state index >= 15 is 0 Å². The average molecular weight is 190 g/mol. The van der Waals surface area contributed by atoms with Gasteiger partial charge in [-0.25, -0.2) is 0 Å². The number of aliphatic carboxylic acids is 1. The third kappa shape index (κ3) is 2.54. The summed E-state index contributed by atoms with van der Waals surface area (Å²) in [5, 5.41) is 8.49. The third-order valence-electron chi connectivity index (χ3n) is 1.57. The van der Waals surface area contributed by atoms with Crippen LogP contribution in [-0.2, 0) is 21.9 Å². The van der Waals surface area contributed by atoms with Crippen molar-refractivity contribution in [1.29, 1.82) is 0 Å². The first-order chi connectivity index (χ1) is 4.30. The van der Waals surface area contributed by atoms with Gasteiger partial charge in [-0.1, -0.05) is 12.2 Å². The van der Waals surface area contributed by atoms with Crippen LogP contribution in [0.3, 0.4) is 0 Å². The second kappa shape index (κ2) is 4.53. The van der Waals surface area contributed by atoms with Crippen molar-refractivity contribution in [1.82, 2.24) is 0 Å². The molecule has 0 aliphatic heterocycles. The fraction of sp³-hybridized carbons (Fsp3) is 0.571. The molecule has 1 rings (SSSR count). The molecule has 0 aromatic heterocycles. The second-order valence-corrected chi connectivity index (χ2v) is 2.30. The molecule has 61 valence electrons. The Morgan fingerprint density at radius 1 is 1.60 bits per heavy atom. The molecule has 1 atom stereocenters. The molecule has 1 N–H and O–H groups in total. The molecule has 1 aliphatic carbocycles. The first-order valence-electron chi connectivity index (χ1n) is 3.20. The summed E-state index contributed by atoms with van der Waals surface area (Å²) >= 11 is 0. The van der Waals surface area contributed by atoms with Crippen LogP contribution >= 0.6 is 0 Å². The minimum Gasteiger partial charge on any atom is -0.481 e. The molecular formula is C7H10CuO2. The molecule has 0 saturated heterocycles. The second-order valence-electron chi connectivity index (χ2n) is 2.30. The van der Waals surface area contributed by atoms with Gasteiger partial charge in [0.05, 0.1) is 5.92 Å². The number of hydrogen-bond donors (Lipinski definition) is 1. The van der Waals surface area contributed by atoms with Crippen LogP contribution in [-0.4, -0.2) is 11.1 Å². The summed E-state index contributed by atoms with van der Waals surface area (Å²) < 4.78 is 0. The van der Waals surface area contributed by atoms with Crippen molar-refractivity contribution in [2.45, 2.75) is 19.3 Å². The van der Waals surface area contributed by atoms with E-state index in [4.69, 9.17) is 5.11 Å². The maximum atomic E-state index is 10.3. The minimum absolute atomic E-state index is 0. The van der Waals surface area contributed by atoms with Gasteiger partial charge < -0.3 is 5.11 Å². The number of carbonyl (C=O) groups is 1. The summed E-state index contributed by atoms with van der Waals surface area (Å²) in [5.74, 6) is -0.898. The van der Waals surface area contributed by atoms with Gasteiger partial charge in [0.1, 0.15) is 0 Å². The monoisotopic (exact) mass is 189 g/mol. The molecule has 10 heavy (non-hydrogen) atoms. The number of carboxylic acids is 1. The first-order valence-corrected chi connectivity index (χ1v) is 3.20. The standard InChI is InChI=1S/C7H10O2.Cu/c8-7(9)6-4-2-1-3-5-6;/h2,4,6H,1,3,5H2,(H,8,9);. The quantitative estimate of drug-likeness (QED) is 0.501. The van der Waals surface area contributed by atoms with Crippen LogP contribution in [0.4, 0.5) is 0 Å². The maximum Gasteiger partial charge on any atom is 0.310 e. The van der Waals surface area contributed by atoms with Crippen molar-refractivity contribution in [3.8, 4) is 0 Å². The number of carboxylic acid groups (broad SMARTS) is 1. The van der Waals surface area contributed by atoms with E-state index in [1.54, 1.807) is 6.08 Å². The fourth-order valence-electron chi connectivity index (χ4n) is 1.02. The zero-order valence-corrected chi connectivity index (χ0v) is 6.45. The van der Waals surface area contributed by atoms with Crippen LogP contribution in [0.15, 0.2) is 12.2 Å². The summed E-state index contributed by atoms with van der Waals surface area (Å²) in [6, 6.07) is 0. The average Bonchev–Trinajstić information content (AvgIpc) is 1.90. The number of hydrogen-bond acceptors (Lipinski definition) is 1. The van der Waals surface area contributed by atoms with Crippen LogP contribution < -0.4 is 0 Å². The maximum absolute atomic E-state index is 10.3. The van der Waals surface area contributed by atoms with Crippen molar-refractivity contribution >= 4 is 5.97 Å². The van der Waals surface area contributed by atoms with Crippen molar-refractivity contribution in [2.24, 2.45) is 5.92 Å². The van der Waals surface area contributed by atoms with Gasteiger partial charge in [-0.2, -0.15) is 0 Å². The smallest absolute Gasteiger partial charge is 0.310 e. The summed E-state index contributed by atoms with van der Waals surface area (Å²) in [6.07, 6.45) is 6.61. The first kappa shape index (κ1) is 9.73. The van der Waals surface area contributed by atoms with E-state index in [-0.39, 0.29) is 23.0 Å². The van der Waals surface area contributed by atoms with Gasteiger partial charge in [0.25, 0.3) is 0 Å². The molecule has 1 radical (unpaired) electrons. The molecule has 3 heteroatoms. The van der Waals surface area contributed by atoms with Gasteiger partial charge in [-0.3, -0.25) is 4.79 Å². The summed E-state index contributed by atoms with van der Waals surface area (Å²) in [6.45, 7) is 0. The Bertz CT molecular complexity index is 143. The molecule has 0 saturated carbocycles. The van der Waals surface area contributed by atoms with E-state index in [0.29, 0.717) is 0 Å². The van der Waals surface area contributed by atoms with Crippen LogP contribution in [0.2, 0.25) is 0 Å². The molecule has 0 heterocycles.